The van der Waals surface area contributed by atoms with Crippen LogP contribution < -0.4 is 14.8 Å². The molecule has 0 bridgehead atoms. The van der Waals surface area contributed by atoms with Gasteiger partial charge in [0.15, 0.2) is 16.7 Å². The van der Waals surface area contributed by atoms with Crippen molar-refractivity contribution in [3.63, 3.8) is 0 Å². The summed E-state index contributed by atoms with van der Waals surface area (Å²) in [5.74, 6) is -0.110. The maximum Gasteiger partial charge on any atom is 0.447 e. The molecule has 158 valence electrons. The fourth-order valence-corrected chi connectivity index (χ4v) is 4.59. The number of ketones is 1. The minimum atomic E-state index is -0.229. The van der Waals surface area contributed by atoms with Crippen LogP contribution in [0, 0.1) is 11.4 Å². The fourth-order valence-electron chi connectivity index (χ4n) is 3.71. The van der Waals surface area contributed by atoms with Crippen molar-refractivity contribution >= 4 is 45.1 Å². The van der Waals surface area contributed by atoms with Crippen LogP contribution in [0.2, 0.25) is 0 Å². The number of anilines is 1. The molecule has 0 spiro atoms. The number of nitrogens with two attached hydrogens (primary N) is 1. The molecule has 5 rings (SSSR count). The van der Waals surface area contributed by atoms with Gasteiger partial charge in [-0.25, -0.2) is 14.3 Å². The van der Waals surface area contributed by atoms with E-state index < -0.39 is 0 Å². The van der Waals surface area contributed by atoms with E-state index >= 15 is 0 Å². The lowest BCUT2D eigenvalue weighted by atomic mass is 10.0. The Bertz CT molecular complexity index is 1320. The molecule has 0 radical (unpaired) electrons. The van der Waals surface area contributed by atoms with Crippen LogP contribution in [0.3, 0.4) is 0 Å². The minimum absolute atomic E-state index is 0.110. The summed E-state index contributed by atoms with van der Waals surface area (Å²) in [5.41, 5.74) is 2.96. The van der Waals surface area contributed by atoms with Gasteiger partial charge in [-0.05, 0) is 29.5 Å². The number of amides is 1. The molecule has 1 aliphatic rings. The van der Waals surface area contributed by atoms with Gasteiger partial charge in [0.05, 0.1) is 18.6 Å². The summed E-state index contributed by atoms with van der Waals surface area (Å²) in [6.07, 6.45) is 5.15. The van der Waals surface area contributed by atoms with E-state index in [-0.39, 0.29) is 11.8 Å². The number of hydrogen-bond acceptors (Lipinski definition) is 3. The van der Waals surface area contributed by atoms with Crippen molar-refractivity contribution in [2.45, 2.75) is 0 Å². The van der Waals surface area contributed by atoms with E-state index in [9.17, 15) is 9.59 Å². The zero-order valence-electron chi connectivity index (χ0n) is 17.3. The molecule has 0 saturated heterocycles. The van der Waals surface area contributed by atoms with E-state index in [2.05, 4.69) is 4.98 Å². The summed E-state index contributed by atoms with van der Waals surface area (Å²) in [6.45, 7) is 0. The maximum absolute atomic E-state index is 13.4. The molecule has 4 aromatic rings. The number of carbonyl (C=O) groups is 2. The molecular weight excluding hydrogens is 420 g/mol. The van der Waals surface area contributed by atoms with Gasteiger partial charge in [-0.1, -0.05) is 41.9 Å². The van der Waals surface area contributed by atoms with Crippen molar-refractivity contribution in [1.29, 1.82) is 0 Å². The van der Waals surface area contributed by atoms with Gasteiger partial charge in [0.2, 0.25) is 0 Å². The Balaban J connectivity index is 1.46. The van der Waals surface area contributed by atoms with E-state index in [1.165, 1.54) is 11.4 Å². The summed E-state index contributed by atoms with van der Waals surface area (Å²) in [4.78, 5) is 32.5. The maximum atomic E-state index is 13.4. The zero-order chi connectivity index (χ0) is 22.1. The van der Waals surface area contributed by atoms with Crippen molar-refractivity contribution < 1.29 is 19.5 Å². The highest BCUT2D eigenvalue weighted by Crippen LogP contribution is 2.21. The minimum Gasteiger partial charge on any atom is -0.345 e. The van der Waals surface area contributed by atoms with Crippen molar-refractivity contribution in [1.82, 2.24) is 4.98 Å². The Morgan fingerprint density at radius 3 is 2.66 bits per heavy atom. The number of benzene rings is 2. The largest absolute Gasteiger partial charge is 0.447 e. The number of carbonyl (C=O) groups excluding carboxylic acids is 2. The average Bonchev–Trinajstić information content (AvgIpc) is 3.50. The second-order valence-corrected chi connectivity index (χ2v) is 8.29. The summed E-state index contributed by atoms with van der Waals surface area (Å²) < 4.78 is 1.55. The van der Waals surface area contributed by atoms with Crippen molar-refractivity contribution in [3.8, 4) is 0 Å². The molecule has 3 heterocycles. The van der Waals surface area contributed by atoms with Crippen LogP contribution in [0.4, 0.5) is 10.5 Å². The number of nitrogens with zero attached hydrogens (tertiary/aromatic N) is 3. The van der Waals surface area contributed by atoms with Gasteiger partial charge < -0.3 is 15.1 Å². The third-order valence-corrected chi connectivity index (χ3v) is 6.38. The van der Waals surface area contributed by atoms with Crippen molar-refractivity contribution in [2.24, 2.45) is 0 Å². The number of quaternary nitrogens is 1. The van der Waals surface area contributed by atoms with E-state index in [0.29, 0.717) is 17.1 Å². The predicted molar refractivity (Wildman–Crippen MR) is 125 cm³/mol. The number of rotatable bonds is 4. The topological polar surface area (TPSA) is 70.8 Å². The highest BCUT2D eigenvalue weighted by molar-refractivity contribution is 7.81. The summed E-state index contributed by atoms with van der Waals surface area (Å²) in [7, 11) is 1.73. The molecular formula is C25H20N4O2S. The lowest BCUT2D eigenvalue weighted by molar-refractivity contribution is -0.580. The first kappa shape index (κ1) is 20.0. The van der Waals surface area contributed by atoms with Gasteiger partial charge in [0.25, 0.3) is 5.37 Å². The monoisotopic (exact) mass is 440 g/mol. The summed E-state index contributed by atoms with van der Waals surface area (Å²) >= 11 is 1.50. The Morgan fingerprint density at radius 1 is 1.06 bits per heavy atom. The van der Waals surface area contributed by atoms with Gasteiger partial charge >= 0.3 is 6.03 Å². The zero-order valence-corrected chi connectivity index (χ0v) is 18.1. The number of aromatic nitrogens is 2. The fraction of sp³-hybridized carbons (Fsp3) is 0.0400. The highest BCUT2D eigenvalue weighted by atomic mass is 32.1. The molecule has 2 aromatic carbocycles. The first-order valence-corrected chi connectivity index (χ1v) is 11.0. The first-order valence-electron chi connectivity index (χ1n) is 10.1. The van der Waals surface area contributed by atoms with E-state index in [1.54, 1.807) is 35.1 Å². The van der Waals surface area contributed by atoms with Crippen molar-refractivity contribution in [3.05, 3.63) is 108 Å². The van der Waals surface area contributed by atoms with Gasteiger partial charge in [-0.3, -0.25) is 0 Å². The van der Waals surface area contributed by atoms with E-state index in [4.69, 9.17) is 0 Å². The molecule has 1 aliphatic heterocycles. The third-order valence-electron chi connectivity index (χ3n) is 5.40. The van der Waals surface area contributed by atoms with Gasteiger partial charge in [0, 0.05) is 6.20 Å². The lowest BCUT2D eigenvalue weighted by Gasteiger charge is -2.13. The number of fused-ring (bicyclic) bond motifs is 1. The molecule has 0 aliphatic carbocycles. The van der Waals surface area contributed by atoms with Crippen LogP contribution in [0.25, 0.3) is 10.9 Å². The normalized spacial score (nSPS) is 13.0. The number of Topliss-reactive ketones (excluding diaryl/α,β-unsaturated/α-hetero) is 1. The van der Waals surface area contributed by atoms with Crippen LogP contribution in [0.5, 0.6) is 0 Å². The molecule has 32 heavy (non-hydrogen) atoms. The third kappa shape index (κ3) is 3.53. The van der Waals surface area contributed by atoms with Crippen LogP contribution in [-0.4, -0.2) is 29.2 Å². The Kier molecular flexibility index (Phi) is 5.18. The Labute approximate surface area is 189 Å². The van der Waals surface area contributed by atoms with Gasteiger partial charge in [0.1, 0.15) is 11.5 Å². The van der Waals surface area contributed by atoms with E-state index in [1.807, 2.05) is 77.4 Å². The lowest BCUT2D eigenvalue weighted by Crippen LogP contribution is -2.86. The number of hydrogen-bond donors (Lipinski definition) is 1. The SMILES string of the molecule is CN(C(=O)[n+]1cc(C(=O)[C-]2C=[S+][C-](c3cccnc3)[NH2+]2)c2cccc[c-]21)c1ccccc1. The summed E-state index contributed by atoms with van der Waals surface area (Å²) in [5, 5.41) is 5.47. The second-order valence-electron chi connectivity index (χ2n) is 7.38. The Morgan fingerprint density at radius 2 is 1.88 bits per heavy atom. The summed E-state index contributed by atoms with van der Waals surface area (Å²) in [6, 6.07) is 21.1. The molecule has 0 saturated carbocycles. The number of pyridine rings is 1. The molecule has 0 atom stereocenters. The first-order chi connectivity index (χ1) is 15.6. The van der Waals surface area contributed by atoms with Crippen LogP contribution >= 0.6 is 0 Å². The second kappa shape index (κ2) is 8.30. The molecule has 0 fully saturated rings. The molecule has 1 amide bonds. The van der Waals surface area contributed by atoms with Crippen LogP contribution in [0.15, 0.2) is 85.3 Å². The van der Waals surface area contributed by atoms with E-state index in [0.717, 1.165) is 22.0 Å². The van der Waals surface area contributed by atoms with Crippen molar-refractivity contribution in [2.75, 3.05) is 11.9 Å². The smallest absolute Gasteiger partial charge is 0.345 e. The number of para-hydroxylation sites is 2. The standard InChI is InChI=1S/C25H20N4O2S/c1-28(18-9-3-2-4-10-18)25(31)29-15-20(19-11-5-6-12-22(19)29)23(30)21-16-32-24(27-21)17-8-7-13-26-14-17/h2-16H,27H2,1H3. The molecule has 2 aromatic heterocycles. The predicted octanol–water partition coefficient (Wildman–Crippen LogP) is 2.06. The average molecular weight is 441 g/mol. The Hall–Kier alpha value is -3.94. The van der Waals surface area contributed by atoms with Crippen LogP contribution in [0.1, 0.15) is 15.9 Å². The van der Waals surface area contributed by atoms with Crippen LogP contribution in [-0.2, 0) is 11.4 Å². The quantitative estimate of drug-likeness (QED) is 0.174. The molecule has 0 unspecified atom stereocenters. The highest BCUT2D eigenvalue weighted by Gasteiger charge is 2.33. The van der Waals surface area contributed by atoms with Gasteiger partial charge in [-0.15, -0.1) is 24.3 Å². The van der Waals surface area contributed by atoms with Gasteiger partial charge in [-0.2, -0.15) is 0 Å². The molecule has 7 heteroatoms. The molecule has 2 N–H and O–H groups in total. The molecule has 6 nitrogen and oxygen atoms in total.